The van der Waals surface area contributed by atoms with Crippen molar-refractivity contribution in [3.8, 4) is 0 Å². The molecule has 1 aliphatic rings. The molecule has 0 bridgehead atoms. The number of ether oxygens (including phenoxy) is 1. The predicted molar refractivity (Wildman–Crippen MR) is 96.9 cm³/mol. The fourth-order valence-corrected chi connectivity index (χ4v) is 3.20. The summed E-state index contributed by atoms with van der Waals surface area (Å²) in [6.45, 7) is 0. The van der Waals surface area contributed by atoms with Gasteiger partial charge in [0.15, 0.2) is 6.10 Å². The first kappa shape index (κ1) is 15.7. The Morgan fingerprint density at radius 1 is 1.04 bits per heavy atom. The number of benzene rings is 3. The molecule has 1 aliphatic heterocycles. The molecule has 1 N–H and O–H groups in total. The lowest BCUT2D eigenvalue weighted by Gasteiger charge is -2.24. The van der Waals surface area contributed by atoms with Crippen molar-refractivity contribution in [2.24, 2.45) is 0 Å². The van der Waals surface area contributed by atoms with E-state index in [2.05, 4.69) is 5.32 Å². The van der Waals surface area contributed by atoms with Gasteiger partial charge in [0.05, 0.1) is 5.56 Å². The zero-order chi connectivity index (χ0) is 17.4. The Morgan fingerprint density at radius 2 is 1.84 bits per heavy atom. The third-order valence-corrected chi connectivity index (χ3v) is 4.49. The molecule has 0 fully saturated rings. The van der Waals surface area contributed by atoms with Crippen LogP contribution in [0.1, 0.15) is 15.9 Å². The molecular formula is C20H14ClNO3. The summed E-state index contributed by atoms with van der Waals surface area (Å²) in [6.07, 6.45) is -0.564. The number of halogens is 1. The topological polar surface area (TPSA) is 55.4 Å². The van der Waals surface area contributed by atoms with Crippen molar-refractivity contribution in [2.75, 3.05) is 5.32 Å². The molecule has 0 aromatic heterocycles. The Morgan fingerprint density at radius 3 is 2.68 bits per heavy atom. The van der Waals surface area contributed by atoms with Crippen LogP contribution in [0.25, 0.3) is 10.8 Å². The maximum Gasteiger partial charge on any atom is 0.339 e. The highest BCUT2D eigenvalue weighted by atomic mass is 35.5. The molecule has 3 aromatic rings. The van der Waals surface area contributed by atoms with E-state index in [-0.39, 0.29) is 5.91 Å². The maximum absolute atomic E-state index is 12.5. The Hall–Kier alpha value is -2.85. The van der Waals surface area contributed by atoms with E-state index in [0.717, 1.165) is 16.3 Å². The largest absolute Gasteiger partial charge is 0.448 e. The molecule has 0 saturated heterocycles. The summed E-state index contributed by atoms with van der Waals surface area (Å²) in [5, 5.41) is 5.47. The van der Waals surface area contributed by atoms with Crippen LogP contribution in [0.15, 0.2) is 60.7 Å². The molecule has 25 heavy (non-hydrogen) atoms. The summed E-state index contributed by atoms with van der Waals surface area (Å²) in [7, 11) is 0. The van der Waals surface area contributed by atoms with E-state index in [9.17, 15) is 9.59 Å². The van der Waals surface area contributed by atoms with Crippen molar-refractivity contribution >= 4 is 39.9 Å². The van der Waals surface area contributed by atoms with E-state index in [4.69, 9.17) is 16.3 Å². The monoisotopic (exact) mass is 351 g/mol. The van der Waals surface area contributed by atoms with E-state index in [1.807, 2.05) is 42.5 Å². The van der Waals surface area contributed by atoms with Gasteiger partial charge in [-0.05, 0) is 46.7 Å². The van der Waals surface area contributed by atoms with Crippen LogP contribution >= 0.6 is 11.6 Å². The van der Waals surface area contributed by atoms with E-state index in [1.165, 1.54) is 0 Å². The Labute approximate surface area is 149 Å². The second-order valence-electron chi connectivity index (χ2n) is 5.95. The van der Waals surface area contributed by atoms with Gasteiger partial charge in [-0.1, -0.05) is 41.9 Å². The number of fused-ring (bicyclic) bond motifs is 2. The van der Waals surface area contributed by atoms with Crippen LogP contribution in [0.3, 0.4) is 0 Å². The minimum atomic E-state index is -0.870. The second-order valence-corrected chi connectivity index (χ2v) is 6.39. The van der Waals surface area contributed by atoms with E-state index in [1.54, 1.807) is 18.2 Å². The van der Waals surface area contributed by atoms with Gasteiger partial charge in [0.1, 0.15) is 0 Å². The molecule has 4 rings (SSSR count). The van der Waals surface area contributed by atoms with Gasteiger partial charge in [-0.3, -0.25) is 4.79 Å². The van der Waals surface area contributed by atoms with Gasteiger partial charge in [0.25, 0.3) is 5.91 Å². The highest BCUT2D eigenvalue weighted by molar-refractivity contribution is 6.30. The van der Waals surface area contributed by atoms with Crippen LogP contribution in [-0.2, 0) is 16.0 Å². The first-order chi connectivity index (χ1) is 12.1. The first-order valence-corrected chi connectivity index (χ1v) is 8.27. The lowest BCUT2D eigenvalue weighted by atomic mass is 9.98. The normalized spacial score (nSPS) is 16.2. The number of rotatable bonds is 2. The molecule has 124 valence electrons. The number of cyclic esters (lactones) is 1. The number of amides is 1. The zero-order valence-corrected chi connectivity index (χ0v) is 13.9. The van der Waals surface area contributed by atoms with Crippen molar-refractivity contribution in [3.05, 3.63) is 76.8 Å². The first-order valence-electron chi connectivity index (χ1n) is 7.89. The number of hydrogen-bond donors (Lipinski definition) is 1. The molecule has 0 radical (unpaired) electrons. The average Bonchev–Trinajstić information content (AvgIpc) is 2.61. The SMILES string of the molecule is O=C1OC(C(=O)Nc2ccc3ccccc3c2)Cc2cc(Cl)ccc21. The molecule has 1 unspecified atom stereocenters. The fourth-order valence-electron chi connectivity index (χ4n) is 3.00. The van der Waals surface area contributed by atoms with Crippen LogP contribution < -0.4 is 5.32 Å². The lowest BCUT2D eigenvalue weighted by molar-refractivity contribution is -0.125. The summed E-state index contributed by atoms with van der Waals surface area (Å²) < 4.78 is 5.28. The Kier molecular flexibility index (Phi) is 3.90. The van der Waals surface area contributed by atoms with Crippen molar-refractivity contribution in [1.82, 2.24) is 0 Å². The highest BCUT2D eigenvalue weighted by Crippen LogP contribution is 2.25. The summed E-state index contributed by atoms with van der Waals surface area (Å²) in [6, 6.07) is 18.5. The van der Waals surface area contributed by atoms with Crippen LogP contribution in [0.5, 0.6) is 0 Å². The van der Waals surface area contributed by atoms with Crippen molar-refractivity contribution < 1.29 is 14.3 Å². The molecule has 3 aromatic carbocycles. The van der Waals surface area contributed by atoms with Gasteiger partial charge >= 0.3 is 5.97 Å². The molecule has 5 heteroatoms. The van der Waals surface area contributed by atoms with E-state index < -0.39 is 12.1 Å². The molecule has 1 atom stereocenters. The summed E-state index contributed by atoms with van der Waals surface area (Å²) in [5.74, 6) is -0.856. The standard InChI is InChI=1S/C20H14ClNO3/c21-15-6-8-17-14(9-15)11-18(25-20(17)24)19(23)22-16-7-5-12-3-1-2-4-13(12)10-16/h1-10,18H,11H2,(H,22,23). The number of nitrogens with one attached hydrogen (secondary N) is 1. The summed E-state index contributed by atoms with van der Waals surface area (Å²) in [4.78, 5) is 24.6. The summed E-state index contributed by atoms with van der Waals surface area (Å²) >= 11 is 5.98. The second kappa shape index (κ2) is 6.22. The summed E-state index contributed by atoms with van der Waals surface area (Å²) in [5.41, 5.74) is 1.85. The van der Waals surface area contributed by atoms with Gasteiger partial charge < -0.3 is 10.1 Å². The molecular weight excluding hydrogens is 338 g/mol. The highest BCUT2D eigenvalue weighted by Gasteiger charge is 2.31. The molecule has 0 saturated carbocycles. The number of anilines is 1. The molecule has 0 aliphatic carbocycles. The van der Waals surface area contributed by atoms with Crippen LogP contribution in [0.2, 0.25) is 5.02 Å². The number of esters is 1. The zero-order valence-electron chi connectivity index (χ0n) is 13.2. The number of carbonyl (C=O) groups excluding carboxylic acids is 2. The molecule has 1 heterocycles. The van der Waals surface area contributed by atoms with Crippen molar-refractivity contribution in [3.63, 3.8) is 0 Å². The van der Waals surface area contributed by atoms with Gasteiger partial charge in [-0.15, -0.1) is 0 Å². The van der Waals surface area contributed by atoms with E-state index in [0.29, 0.717) is 22.7 Å². The average molecular weight is 352 g/mol. The van der Waals surface area contributed by atoms with Crippen molar-refractivity contribution in [2.45, 2.75) is 12.5 Å². The molecule has 0 spiro atoms. The van der Waals surface area contributed by atoms with Crippen molar-refractivity contribution in [1.29, 1.82) is 0 Å². The maximum atomic E-state index is 12.5. The third kappa shape index (κ3) is 3.08. The lowest BCUT2D eigenvalue weighted by Crippen LogP contribution is -2.38. The van der Waals surface area contributed by atoms with E-state index >= 15 is 0 Å². The fraction of sp³-hybridized carbons (Fsp3) is 0.100. The third-order valence-electron chi connectivity index (χ3n) is 4.25. The van der Waals surface area contributed by atoms with Crippen LogP contribution in [0, 0.1) is 0 Å². The Bertz CT molecular complexity index is 999. The number of hydrogen-bond acceptors (Lipinski definition) is 3. The van der Waals surface area contributed by atoms with Crippen LogP contribution in [0.4, 0.5) is 5.69 Å². The van der Waals surface area contributed by atoms with Gasteiger partial charge in [0.2, 0.25) is 0 Å². The minimum absolute atomic E-state index is 0.307. The van der Waals surface area contributed by atoms with Gasteiger partial charge in [0, 0.05) is 17.1 Å². The molecule has 1 amide bonds. The number of carbonyl (C=O) groups is 2. The molecule has 4 nitrogen and oxygen atoms in total. The quantitative estimate of drug-likeness (QED) is 0.703. The predicted octanol–water partition coefficient (Wildman–Crippen LogP) is 4.21. The smallest absolute Gasteiger partial charge is 0.339 e. The Balaban J connectivity index is 1.55. The van der Waals surface area contributed by atoms with Gasteiger partial charge in [-0.25, -0.2) is 4.79 Å². The van der Waals surface area contributed by atoms with Crippen LogP contribution in [-0.4, -0.2) is 18.0 Å². The minimum Gasteiger partial charge on any atom is -0.448 e. The van der Waals surface area contributed by atoms with Gasteiger partial charge in [-0.2, -0.15) is 0 Å².